The van der Waals surface area contributed by atoms with Crippen LogP contribution in [0.2, 0.25) is 0 Å². The van der Waals surface area contributed by atoms with E-state index in [1.165, 1.54) is 33.3 Å². The third kappa shape index (κ3) is 6.45. The fourth-order valence-corrected chi connectivity index (χ4v) is 6.53. The highest BCUT2D eigenvalue weighted by atomic mass is 16.3. The number of rotatable bonds is 7. The molecule has 0 radical (unpaired) electrons. The van der Waals surface area contributed by atoms with Gasteiger partial charge in [0.2, 0.25) is 0 Å². The first-order valence-corrected chi connectivity index (χ1v) is 14.6. The second kappa shape index (κ2) is 11.9. The summed E-state index contributed by atoms with van der Waals surface area (Å²) in [6.07, 6.45) is 6.04. The van der Waals surface area contributed by atoms with Crippen molar-refractivity contribution in [2.75, 3.05) is 44.6 Å². The van der Waals surface area contributed by atoms with E-state index in [1.807, 2.05) is 12.1 Å². The zero-order valence-electron chi connectivity index (χ0n) is 23.9. The number of hydrogen-bond acceptors (Lipinski definition) is 8. The Balaban J connectivity index is 1.16. The summed E-state index contributed by atoms with van der Waals surface area (Å²) in [5.74, 6) is 0.941. The molecule has 0 spiro atoms. The van der Waals surface area contributed by atoms with E-state index in [-0.39, 0.29) is 32.0 Å². The number of nitrogens with zero attached hydrogens (tertiary/aromatic N) is 5. The van der Waals surface area contributed by atoms with Crippen molar-refractivity contribution in [2.45, 2.75) is 57.3 Å². The quantitative estimate of drug-likeness (QED) is 0.354. The molecule has 5 unspecified atom stereocenters. The average Bonchev–Trinajstić information content (AvgIpc) is 3.53. The van der Waals surface area contributed by atoms with Gasteiger partial charge in [-0.25, -0.2) is 9.59 Å². The Hall–Kier alpha value is -3.32. The molecular weight excluding hydrogens is 524 g/mol. The first-order valence-electron chi connectivity index (χ1n) is 14.6. The number of urea groups is 1. The van der Waals surface area contributed by atoms with E-state index in [0.29, 0.717) is 23.7 Å². The molecule has 3 heterocycles. The Morgan fingerprint density at radius 3 is 2.39 bits per heavy atom. The summed E-state index contributed by atoms with van der Waals surface area (Å²) in [6, 6.07) is 9.98. The van der Waals surface area contributed by atoms with Crippen LogP contribution < -0.4 is 22.5 Å². The molecule has 0 bridgehead atoms. The Morgan fingerprint density at radius 2 is 1.78 bits per heavy atom. The van der Waals surface area contributed by atoms with Crippen molar-refractivity contribution in [3.05, 3.63) is 52.6 Å². The molecule has 3 amide bonds. The van der Waals surface area contributed by atoms with Crippen molar-refractivity contribution in [1.82, 2.24) is 24.3 Å². The van der Waals surface area contributed by atoms with Crippen molar-refractivity contribution < 1.29 is 14.7 Å². The van der Waals surface area contributed by atoms with Crippen LogP contribution in [-0.4, -0.2) is 98.4 Å². The van der Waals surface area contributed by atoms with E-state index < -0.39 is 23.4 Å². The van der Waals surface area contributed by atoms with E-state index in [2.05, 4.69) is 34.3 Å². The highest BCUT2D eigenvalue weighted by Crippen LogP contribution is 2.38. The van der Waals surface area contributed by atoms with Crippen molar-refractivity contribution in [3.8, 4) is 5.69 Å². The van der Waals surface area contributed by atoms with E-state index in [1.54, 1.807) is 12.3 Å². The fraction of sp³-hybridized carbons (Fsp3) is 0.586. The highest BCUT2D eigenvalue weighted by molar-refractivity contribution is 5.89. The number of nitrogens with one attached hydrogen (secondary N) is 1. The first kappa shape index (κ1) is 29.2. The lowest BCUT2D eigenvalue weighted by molar-refractivity contribution is -0.150. The molecule has 1 aromatic heterocycles. The summed E-state index contributed by atoms with van der Waals surface area (Å²) in [5, 5.41) is 12.4. The standard InChI is InChI=1S/C29H42N8O4/c1-3-21(36-17-20-6-9-24(30)23(20)18-36)16-19-4-7-22(8-5-19)37-11-10-25(33-28(37)40)32-27(39)35-14-12-34(13-15-35)26(38)29(2,31)41/h4-5,7-8,10-11,20-21,23-24,41H,3,6,9,12-18,30-31H2,1-2H3,(H,32,33,39,40). The molecule has 3 fully saturated rings. The number of amides is 3. The monoisotopic (exact) mass is 566 g/mol. The summed E-state index contributed by atoms with van der Waals surface area (Å²) in [4.78, 5) is 47.2. The number of carbonyl (C=O) groups is 2. The van der Waals surface area contributed by atoms with Gasteiger partial charge in [0.05, 0.1) is 5.69 Å². The van der Waals surface area contributed by atoms with Crippen molar-refractivity contribution >= 4 is 17.8 Å². The molecule has 1 aliphatic carbocycles. The second-order valence-corrected chi connectivity index (χ2v) is 11.9. The maximum Gasteiger partial charge on any atom is 0.354 e. The lowest BCUT2D eigenvalue weighted by atomic mass is 9.98. The van der Waals surface area contributed by atoms with Crippen LogP contribution in [0, 0.1) is 11.8 Å². The zero-order chi connectivity index (χ0) is 29.3. The lowest BCUT2D eigenvalue weighted by Gasteiger charge is -2.36. The summed E-state index contributed by atoms with van der Waals surface area (Å²) in [5.41, 5.74) is 11.3. The minimum atomic E-state index is -1.95. The van der Waals surface area contributed by atoms with Gasteiger partial charge in [0.15, 0.2) is 5.72 Å². The topological polar surface area (TPSA) is 163 Å². The van der Waals surface area contributed by atoms with Crippen LogP contribution in [0.1, 0.15) is 38.7 Å². The first-order chi connectivity index (χ1) is 19.5. The fourth-order valence-electron chi connectivity index (χ4n) is 6.53. The molecule has 5 atom stereocenters. The van der Waals surface area contributed by atoms with Gasteiger partial charge in [-0.05, 0) is 68.2 Å². The molecule has 2 saturated heterocycles. The Bertz CT molecular complexity index is 1300. The van der Waals surface area contributed by atoms with Crippen molar-refractivity contribution in [1.29, 1.82) is 0 Å². The summed E-state index contributed by atoms with van der Waals surface area (Å²) >= 11 is 0. The van der Waals surface area contributed by atoms with Gasteiger partial charge < -0.3 is 20.6 Å². The number of benzene rings is 1. The van der Waals surface area contributed by atoms with Gasteiger partial charge in [0.1, 0.15) is 5.82 Å². The van der Waals surface area contributed by atoms with Crippen LogP contribution in [-0.2, 0) is 11.2 Å². The van der Waals surface area contributed by atoms with E-state index in [4.69, 9.17) is 11.5 Å². The number of anilines is 1. The molecular formula is C29H42N8O4. The van der Waals surface area contributed by atoms with Gasteiger partial charge in [-0.3, -0.25) is 25.3 Å². The van der Waals surface area contributed by atoms with Crippen LogP contribution >= 0.6 is 0 Å². The molecule has 12 heteroatoms. The average molecular weight is 567 g/mol. The Morgan fingerprint density at radius 1 is 1.10 bits per heavy atom. The molecule has 1 aromatic carbocycles. The highest BCUT2D eigenvalue weighted by Gasteiger charge is 2.42. The van der Waals surface area contributed by atoms with Gasteiger partial charge in [0.25, 0.3) is 5.91 Å². The van der Waals surface area contributed by atoms with Gasteiger partial charge in [-0.15, -0.1) is 0 Å². The van der Waals surface area contributed by atoms with Crippen LogP contribution in [0.3, 0.4) is 0 Å². The summed E-state index contributed by atoms with van der Waals surface area (Å²) in [7, 11) is 0. The Kier molecular flexibility index (Phi) is 8.46. The van der Waals surface area contributed by atoms with Crippen molar-refractivity contribution in [3.63, 3.8) is 0 Å². The van der Waals surface area contributed by atoms with Gasteiger partial charge >= 0.3 is 11.7 Å². The largest absolute Gasteiger partial charge is 0.368 e. The summed E-state index contributed by atoms with van der Waals surface area (Å²) < 4.78 is 1.45. The van der Waals surface area contributed by atoms with E-state index in [0.717, 1.165) is 38.3 Å². The third-order valence-corrected chi connectivity index (χ3v) is 8.94. The number of fused-ring (bicyclic) bond motifs is 1. The predicted octanol–water partition coefficient (Wildman–Crippen LogP) is 0.566. The molecule has 5 rings (SSSR count). The lowest BCUT2D eigenvalue weighted by Crippen LogP contribution is -2.59. The zero-order valence-corrected chi connectivity index (χ0v) is 23.9. The normalized spacial score (nSPS) is 25.0. The molecule has 1 saturated carbocycles. The molecule has 41 heavy (non-hydrogen) atoms. The van der Waals surface area contributed by atoms with E-state index in [9.17, 15) is 19.5 Å². The minimum absolute atomic E-state index is 0.150. The number of likely N-dealkylation sites (tertiary alicyclic amines) is 1. The number of aromatic nitrogens is 2. The molecule has 2 aromatic rings. The number of piperazine rings is 1. The van der Waals surface area contributed by atoms with Crippen LogP contribution in [0.25, 0.3) is 5.69 Å². The third-order valence-electron chi connectivity index (χ3n) is 8.94. The van der Waals surface area contributed by atoms with Gasteiger partial charge in [-0.1, -0.05) is 19.1 Å². The molecule has 222 valence electrons. The number of aliphatic hydroxyl groups is 1. The van der Waals surface area contributed by atoms with Gasteiger partial charge in [-0.2, -0.15) is 4.98 Å². The van der Waals surface area contributed by atoms with Gasteiger partial charge in [0, 0.05) is 57.5 Å². The van der Waals surface area contributed by atoms with Crippen LogP contribution in [0.15, 0.2) is 41.3 Å². The Labute approximate surface area is 240 Å². The number of carbonyl (C=O) groups excluding carboxylic acids is 2. The number of nitrogens with two attached hydrogens (primary N) is 2. The van der Waals surface area contributed by atoms with Crippen LogP contribution in [0.5, 0.6) is 0 Å². The predicted molar refractivity (Wildman–Crippen MR) is 155 cm³/mol. The minimum Gasteiger partial charge on any atom is -0.368 e. The van der Waals surface area contributed by atoms with Crippen LogP contribution in [0.4, 0.5) is 10.6 Å². The summed E-state index contributed by atoms with van der Waals surface area (Å²) in [6.45, 7) is 6.74. The number of hydrogen-bond donors (Lipinski definition) is 4. The maximum atomic E-state index is 12.8. The smallest absolute Gasteiger partial charge is 0.354 e. The molecule has 6 N–H and O–H groups in total. The van der Waals surface area contributed by atoms with E-state index >= 15 is 0 Å². The SMILES string of the molecule is CCC(Cc1ccc(-n2ccc(NC(=O)N3CCN(C(=O)C(C)(N)O)CC3)nc2=O)cc1)N1CC2CCC(N)C2C1. The molecule has 12 nitrogen and oxygen atoms in total. The molecule has 2 aliphatic heterocycles. The van der Waals surface area contributed by atoms with Crippen molar-refractivity contribution in [2.24, 2.45) is 23.3 Å². The maximum absolute atomic E-state index is 12.8. The molecule has 3 aliphatic rings. The second-order valence-electron chi connectivity index (χ2n) is 11.9.